The Hall–Kier alpha value is -0.570. The second kappa shape index (κ2) is 5.35. The molecule has 0 aromatic heterocycles. The van der Waals surface area contributed by atoms with Crippen LogP contribution in [-0.2, 0) is 14.3 Å². The van der Waals surface area contributed by atoms with E-state index < -0.39 is 5.60 Å². The fourth-order valence-corrected chi connectivity index (χ4v) is 1.38. The largest absolute Gasteiger partial charge is 0.463 e. The summed E-state index contributed by atoms with van der Waals surface area (Å²) in [5.41, 5.74) is -0.565. The van der Waals surface area contributed by atoms with Gasteiger partial charge in [0.2, 0.25) is 0 Å². The quantitative estimate of drug-likeness (QED) is 0.359. The van der Waals surface area contributed by atoms with Gasteiger partial charge in [0, 0.05) is 0 Å². The Morgan fingerprint density at radius 3 is 2.57 bits per heavy atom. The molecule has 82 valence electrons. The van der Waals surface area contributed by atoms with Gasteiger partial charge in [-0.25, -0.2) is 4.79 Å². The van der Waals surface area contributed by atoms with Gasteiger partial charge < -0.3 is 9.47 Å². The Bertz CT molecular complexity index is 185. The zero-order chi connectivity index (χ0) is 10.4. The summed E-state index contributed by atoms with van der Waals surface area (Å²) in [6, 6.07) is 0. The van der Waals surface area contributed by atoms with Crippen molar-refractivity contribution in [2.24, 2.45) is 0 Å². The number of carbonyl (C=O) groups is 1. The van der Waals surface area contributed by atoms with Crippen molar-refractivity contribution in [3.63, 3.8) is 0 Å². The van der Waals surface area contributed by atoms with Crippen molar-refractivity contribution in [2.45, 2.75) is 51.6 Å². The highest BCUT2D eigenvalue weighted by Crippen LogP contribution is 2.31. The molecule has 3 nitrogen and oxygen atoms in total. The minimum Gasteiger partial charge on any atom is -0.463 e. The van der Waals surface area contributed by atoms with Crippen LogP contribution in [0.3, 0.4) is 0 Å². The van der Waals surface area contributed by atoms with Gasteiger partial charge in [-0.05, 0) is 12.8 Å². The Labute approximate surface area is 85.8 Å². The SMILES string of the molecule is CCCCCCOC(=O)C1(CC)CO1. The highest BCUT2D eigenvalue weighted by molar-refractivity contribution is 5.82. The first kappa shape index (κ1) is 11.5. The van der Waals surface area contributed by atoms with Crippen LogP contribution in [0.15, 0.2) is 0 Å². The summed E-state index contributed by atoms with van der Waals surface area (Å²) in [4.78, 5) is 11.4. The molecule has 0 aliphatic carbocycles. The number of hydrogen-bond donors (Lipinski definition) is 0. The first-order valence-electron chi connectivity index (χ1n) is 5.56. The van der Waals surface area contributed by atoms with Crippen LogP contribution in [0.1, 0.15) is 46.0 Å². The van der Waals surface area contributed by atoms with Crippen molar-refractivity contribution >= 4 is 5.97 Å². The van der Waals surface area contributed by atoms with Crippen LogP contribution < -0.4 is 0 Å². The lowest BCUT2D eigenvalue weighted by atomic mass is 10.1. The lowest BCUT2D eigenvalue weighted by Gasteiger charge is -2.08. The van der Waals surface area contributed by atoms with E-state index >= 15 is 0 Å². The lowest BCUT2D eigenvalue weighted by molar-refractivity contribution is -0.150. The number of hydrogen-bond acceptors (Lipinski definition) is 3. The average molecular weight is 200 g/mol. The first-order chi connectivity index (χ1) is 6.75. The fourth-order valence-electron chi connectivity index (χ4n) is 1.38. The molecule has 14 heavy (non-hydrogen) atoms. The standard InChI is InChI=1S/C11H20O3/c1-3-5-6-7-8-13-10(12)11(4-2)9-14-11/h3-9H2,1-2H3. The summed E-state index contributed by atoms with van der Waals surface area (Å²) in [5, 5.41) is 0. The average Bonchev–Trinajstić information content (AvgIpc) is 2.98. The van der Waals surface area contributed by atoms with Crippen LogP contribution >= 0.6 is 0 Å². The maximum atomic E-state index is 11.4. The molecule has 0 aromatic rings. The van der Waals surface area contributed by atoms with E-state index in [4.69, 9.17) is 9.47 Å². The van der Waals surface area contributed by atoms with Gasteiger partial charge in [0.1, 0.15) is 0 Å². The molecule has 1 aliphatic heterocycles. The molecule has 1 unspecified atom stereocenters. The molecule has 1 atom stereocenters. The normalized spacial score (nSPS) is 24.7. The molecular weight excluding hydrogens is 180 g/mol. The number of ether oxygens (including phenoxy) is 2. The van der Waals surface area contributed by atoms with Crippen LogP contribution in [0.2, 0.25) is 0 Å². The molecule has 3 heteroatoms. The maximum absolute atomic E-state index is 11.4. The van der Waals surface area contributed by atoms with E-state index in [1.165, 1.54) is 12.8 Å². The summed E-state index contributed by atoms with van der Waals surface area (Å²) in [5.74, 6) is -0.170. The molecule has 0 saturated carbocycles. The Kier molecular flexibility index (Phi) is 4.39. The molecule has 1 heterocycles. The zero-order valence-corrected chi connectivity index (χ0v) is 9.17. The van der Waals surface area contributed by atoms with E-state index in [-0.39, 0.29) is 5.97 Å². The number of epoxide rings is 1. The molecule has 0 N–H and O–H groups in total. The smallest absolute Gasteiger partial charge is 0.340 e. The third-order valence-electron chi connectivity index (χ3n) is 2.67. The molecule has 1 fully saturated rings. The number of unbranched alkanes of at least 4 members (excludes halogenated alkanes) is 3. The van der Waals surface area contributed by atoms with E-state index in [9.17, 15) is 4.79 Å². The van der Waals surface area contributed by atoms with Crippen molar-refractivity contribution in [3.8, 4) is 0 Å². The number of rotatable bonds is 7. The Morgan fingerprint density at radius 1 is 1.36 bits per heavy atom. The van der Waals surface area contributed by atoms with Gasteiger partial charge in [-0.3, -0.25) is 0 Å². The Balaban J connectivity index is 2.04. The molecule has 0 aromatic carbocycles. The van der Waals surface area contributed by atoms with Gasteiger partial charge in [-0.2, -0.15) is 0 Å². The minimum absolute atomic E-state index is 0.170. The molecule has 1 saturated heterocycles. The topological polar surface area (TPSA) is 38.8 Å². The summed E-state index contributed by atoms with van der Waals surface area (Å²) in [6.45, 7) is 5.20. The van der Waals surface area contributed by atoms with Crippen LogP contribution in [0.5, 0.6) is 0 Å². The predicted octanol–water partition coefficient (Wildman–Crippen LogP) is 2.29. The molecular formula is C11H20O3. The zero-order valence-electron chi connectivity index (χ0n) is 9.17. The van der Waals surface area contributed by atoms with Crippen molar-refractivity contribution in [2.75, 3.05) is 13.2 Å². The molecule has 0 bridgehead atoms. The molecule has 0 amide bonds. The van der Waals surface area contributed by atoms with Crippen molar-refractivity contribution < 1.29 is 14.3 Å². The second-order valence-electron chi connectivity index (χ2n) is 3.83. The van der Waals surface area contributed by atoms with E-state index in [2.05, 4.69) is 6.92 Å². The van der Waals surface area contributed by atoms with E-state index in [0.717, 1.165) is 19.3 Å². The number of esters is 1. The van der Waals surface area contributed by atoms with Gasteiger partial charge in [0.15, 0.2) is 5.60 Å². The summed E-state index contributed by atoms with van der Waals surface area (Å²) in [7, 11) is 0. The van der Waals surface area contributed by atoms with Gasteiger partial charge in [0.05, 0.1) is 13.2 Å². The molecule has 1 rings (SSSR count). The molecule has 0 spiro atoms. The highest BCUT2D eigenvalue weighted by Gasteiger charge is 2.52. The summed E-state index contributed by atoms with van der Waals surface area (Å²) in [6.07, 6.45) is 5.26. The van der Waals surface area contributed by atoms with Crippen LogP contribution in [0.4, 0.5) is 0 Å². The third kappa shape index (κ3) is 2.98. The van der Waals surface area contributed by atoms with E-state index in [1.54, 1.807) is 0 Å². The fraction of sp³-hybridized carbons (Fsp3) is 0.909. The van der Waals surface area contributed by atoms with Crippen LogP contribution in [-0.4, -0.2) is 24.8 Å². The van der Waals surface area contributed by atoms with E-state index in [1.807, 2.05) is 6.92 Å². The van der Waals surface area contributed by atoms with Crippen molar-refractivity contribution in [1.82, 2.24) is 0 Å². The van der Waals surface area contributed by atoms with Gasteiger partial charge >= 0.3 is 5.97 Å². The predicted molar refractivity (Wildman–Crippen MR) is 54.1 cm³/mol. The van der Waals surface area contributed by atoms with Crippen LogP contribution in [0.25, 0.3) is 0 Å². The van der Waals surface area contributed by atoms with E-state index in [0.29, 0.717) is 13.2 Å². The monoisotopic (exact) mass is 200 g/mol. The second-order valence-corrected chi connectivity index (χ2v) is 3.83. The number of carbonyl (C=O) groups excluding carboxylic acids is 1. The summed E-state index contributed by atoms with van der Waals surface area (Å²) >= 11 is 0. The third-order valence-corrected chi connectivity index (χ3v) is 2.67. The van der Waals surface area contributed by atoms with Gasteiger partial charge in [0.25, 0.3) is 0 Å². The highest BCUT2D eigenvalue weighted by atomic mass is 16.6. The Morgan fingerprint density at radius 2 is 2.07 bits per heavy atom. The molecule has 0 radical (unpaired) electrons. The maximum Gasteiger partial charge on any atom is 0.340 e. The van der Waals surface area contributed by atoms with Crippen molar-refractivity contribution in [3.05, 3.63) is 0 Å². The minimum atomic E-state index is -0.565. The van der Waals surface area contributed by atoms with Crippen molar-refractivity contribution in [1.29, 1.82) is 0 Å². The van der Waals surface area contributed by atoms with Gasteiger partial charge in [-0.1, -0.05) is 33.1 Å². The first-order valence-corrected chi connectivity index (χ1v) is 5.56. The summed E-state index contributed by atoms with van der Waals surface area (Å²) < 4.78 is 10.3. The van der Waals surface area contributed by atoms with Gasteiger partial charge in [-0.15, -0.1) is 0 Å². The molecule has 1 aliphatic rings. The lowest BCUT2D eigenvalue weighted by Crippen LogP contribution is -2.26. The van der Waals surface area contributed by atoms with Crippen LogP contribution in [0, 0.1) is 0 Å².